The Morgan fingerprint density at radius 2 is 2.04 bits per heavy atom. The Balaban J connectivity index is 1.65. The van der Waals surface area contributed by atoms with Crippen molar-refractivity contribution >= 4 is 10.9 Å². The third-order valence-electron chi connectivity index (χ3n) is 4.45. The van der Waals surface area contributed by atoms with Gasteiger partial charge in [0.25, 0.3) is 5.56 Å². The number of hydrogen-bond donors (Lipinski definition) is 1. The molecule has 0 bridgehead atoms. The van der Waals surface area contributed by atoms with Crippen molar-refractivity contribution < 1.29 is 13.9 Å². The first-order chi connectivity index (χ1) is 11.6. The first-order valence-electron chi connectivity index (χ1n) is 7.81. The lowest BCUT2D eigenvalue weighted by molar-refractivity contribution is 0.174. The Labute approximate surface area is 138 Å². The van der Waals surface area contributed by atoms with E-state index in [1.54, 1.807) is 12.3 Å². The van der Waals surface area contributed by atoms with Crippen LogP contribution in [-0.4, -0.2) is 23.7 Å². The zero-order valence-electron chi connectivity index (χ0n) is 13.5. The molecule has 0 unspecified atom stereocenters. The number of H-pyrrole nitrogens is 1. The van der Waals surface area contributed by atoms with Gasteiger partial charge in [-0.1, -0.05) is 0 Å². The van der Waals surface area contributed by atoms with Crippen LogP contribution in [0.4, 0.5) is 0 Å². The summed E-state index contributed by atoms with van der Waals surface area (Å²) in [7, 11) is 1.97. The van der Waals surface area contributed by atoms with Gasteiger partial charge in [-0.05, 0) is 38.2 Å². The van der Waals surface area contributed by atoms with Crippen LogP contribution in [0.3, 0.4) is 0 Å². The van der Waals surface area contributed by atoms with Gasteiger partial charge < -0.3 is 18.9 Å². The molecular weight excluding hydrogens is 308 g/mol. The molecule has 1 N–H and O–H groups in total. The Kier molecular flexibility index (Phi) is 3.54. The quantitative estimate of drug-likeness (QED) is 0.798. The molecule has 1 aromatic carbocycles. The molecule has 0 fully saturated rings. The fraction of sp³-hybridized carbons (Fsp3) is 0.278. The zero-order chi connectivity index (χ0) is 16.7. The van der Waals surface area contributed by atoms with Gasteiger partial charge in [-0.3, -0.25) is 9.69 Å². The summed E-state index contributed by atoms with van der Waals surface area (Å²) in [5, 5.41) is 0.924. The minimum Gasteiger partial charge on any atom is -0.468 e. The van der Waals surface area contributed by atoms with E-state index >= 15 is 0 Å². The smallest absolute Gasteiger partial charge is 0.252 e. The predicted molar refractivity (Wildman–Crippen MR) is 89.3 cm³/mol. The standard InChI is InChI=1S/C18H18N2O4/c1-11(15-4-3-5-22-15)20(2)9-13-6-12-7-16-17(24-10-23-16)8-14(12)19-18(13)21/h3-8,11H,9-10H2,1-2H3,(H,19,21)/t11-/m1/s1. The maximum Gasteiger partial charge on any atom is 0.252 e. The molecular formula is C18H18N2O4. The van der Waals surface area contributed by atoms with Crippen molar-refractivity contribution in [2.45, 2.75) is 19.5 Å². The number of fused-ring (bicyclic) bond motifs is 2. The first-order valence-corrected chi connectivity index (χ1v) is 7.81. The van der Waals surface area contributed by atoms with Crippen molar-refractivity contribution in [1.29, 1.82) is 0 Å². The van der Waals surface area contributed by atoms with Crippen molar-refractivity contribution in [3.63, 3.8) is 0 Å². The molecule has 0 radical (unpaired) electrons. The monoisotopic (exact) mass is 326 g/mol. The number of hydrogen-bond acceptors (Lipinski definition) is 5. The first kappa shape index (κ1) is 14.8. The van der Waals surface area contributed by atoms with Crippen molar-refractivity contribution in [2.24, 2.45) is 0 Å². The number of aromatic amines is 1. The topological polar surface area (TPSA) is 67.7 Å². The van der Waals surface area contributed by atoms with Crippen molar-refractivity contribution in [3.8, 4) is 11.5 Å². The summed E-state index contributed by atoms with van der Waals surface area (Å²) in [5.41, 5.74) is 1.34. The number of pyridine rings is 1. The van der Waals surface area contributed by atoms with Gasteiger partial charge in [0.1, 0.15) is 5.76 Å². The summed E-state index contributed by atoms with van der Waals surface area (Å²) < 4.78 is 16.2. The largest absolute Gasteiger partial charge is 0.468 e. The Bertz CT molecular complexity index is 930. The molecule has 1 aliphatic heterocycles. The van der Waals surface area contributed by atoms with Crippen LogP contribution < -0.4 is 15.0 Å². The number of aromatic nitrogens is 1. The molecule has 6 heteroatoms. The second-order valence-electron chi connectivity index (χ2n) is 6.02. The van der Waals surface area contributed by atoms with Crippen LogP contribution in [-0.2, 0) is 6.54 Å². The average Bonchev–Trinajstić information content (AvgIpc) is 3.24. The third-order valence-corrected chi connectivity index (χ3v) is 4.45. The summed E-state index contributed by atoms with van der Waals surface area (Å²) in [5.74, 6) is 2.24. The van der Waals surface area contributed by atoms with Crippen LogP contribution in [0, 0.1) is 0 Å². The maximum atomic E-state index is 12.4. The van der Waals surface area contributed by atoms with Gasteiger partial charge in [0.15, 0.2) is 11.5 Å². The molecule has 3 aromatic rings. The Morgan fingerprint density at radius 3 is 2.79 bits per heavy atom. The molecule has 4 rings (SSSR count). The van der Waals surface area contributed by atoms with Crippen molar-refractivity contribution in [1.82, 2.24) is 9.88 Å². The van der Waals surface area contributed by atoms with Gasteiger partial charge in [0, 0.05) is 23.6 Å². The second kappa shape index (κ2) is 5.72. The normalized spacial score (nSPS) is 14.5. The molecule has 6 nitrogen and oxygen atoms in total. The Morgan fingerprint density at radius 1 is 1.25 bits per heavy atom. The SMILES string of the molecule is C[C@H](c1ccco1)N(C)Cc1cc2cc3c(cc2[nH]c1=O)OCO3. The predicted octanol–water partition coefficient (Wildman–Crippen LogP) is 3.04. The highest BCUT2D eigenvalue weighted by atomic mass is 16.7. The molecule has 3 heterocycles. The van der Waals surface area contributed by atoms with E-state index in [0.717, 1.165) is 16.7 Å². The van der Waals surface area contributed by atoms with Gasteiger partial charge in [0.2, 0.25) is 6.79 Å². The fourth-order valence-electron chi connectivity index (χ4n) is 2.91. The lowest BCUT2D eigenvalue weighted by Crippen LogP contribution is -2.25. The molecule has 2 aromatic heterocycles. The van der Waals surface area contributed by atoms with E-state index in [1.807, 2.05) is 38.2 Å². The molecule has 0 aliphatic carbocycles. The minimum atomic E-state index is -0.0974. The highest BCUT2D eigenvalue weighted by molar-refractivity contribution is 5.83. The molecule has 24 heavy (non-hydrogen) atoms. The van der Waals surface area contributed by atoms with E-state index in [9.17, 15) is 4.79 Å². The fourth-order valence-corrected chi connectivity index (χ4v) is 2.91. The number of nitrogens with zero attached hydrogens (tertiary/aromatic N) is 1. The van der Waals surface area contributed by atoms with Crippen LogP contribution in [0.2, 0.25) is 0 Å². The molecule has 0 saturated heterocycles. The third kappa shape index (κ3) is 2.55. The van der Waals surface area contributed by atoms with Gasteiger partial charge >= 0.3 is 0 Å². The van der Waals surface area contributed by atoms with E-state index in [-0.39, 0.29) is 18.4 Å². The van der Waals surface area contributed by atoms with Crippen LogP contribution in [0.15, 0.2) is 45.8 Å². The average molecular weight is 326 g/mol. The lowest BCUT2D eigenvalue weighted by atomic mass is 10.1. The second-order valence-corrected chi connectivity index (χ2v) is 6.02. The summed E-state index contributed by atoms with van der Waals surface area (Å²) >= 11 is 0. The highest BCUT2D eigenvalue weighted by Gasteiger charge is 2.18. The van der Waals surface area contributed by atoms with E-state index in [4.69, 9.17) is 13.9 Å². The van der Waals surface area contributed by atoms with Crippen molar-refractivity contribution in [3.05, 3.63) is 58.3 Å². The lowest BCUT2D eigenvalue weighted by Gasteiger charge is -2.22. The number of ether oxygens (including phenoxy) is 2. The van der Waals surface area contributed by atoms with Gasteiger partial charge in [-0.25, -0.2) is 0 Å². The summed E-state index contributed by atoms with van der Waals surface area (Å²) in [4.78, 5) is 17.4. The van der Waals surface area contributed by atoms with Crippen LogP contribution in [0.5, 0.6) is 11.5 Å². The molecule has 0 saturated carbocycles. The molecule has 1 atom stereocenters. The van der Waals surface area contributed by atoms with E-state index in [2.05, 4.69) is 9.88 Å². The molecule has 0 spiro atoms. The van der Waals surface area contributed by atoms with Crippen molar-refractivity contribution in [2.75, 3.05) is 13.8 Å². The van der Waals surface area contributed by atoms with Gasteiger partial charge in [-0.2, -0.15) is 0 Å². The number of nitrogens with one attached hydrogen (secondary N) is 1. The Hall–Kier alpha value is -2.73. The van der Waals surface area contributed by atoms with E-state index < -0.39 is 0 Å². The van der Waals surface area contributed by atoms with E-state index in [0.29, 0.717) is 23.6 Å². The summed E-state index contributed by atoms with van der Waals surface area (Å²) in [6.07, 6.45) is 1.66. The van der Waals surface area contributed by atoms with Crippen LogP contribution in [0.25, 0.3) is 10.9 Å². The number of rotatable bonds is 4. The van der Waals surface area contributed by atoms with Gasteiger partial charge in [0.05, 0.1) is 17.8 Å². The molecule has 124 valence electrons. The van der Waals surface area contributed by atoms with Crippen LogP contribution in [0.1, 0.15) is 24.3 Å². The number of furan rings is 1. The van der Waals surface area contributed by atoms with Gasteiger partial charge in [-0.15, -0.1) is 0 Å². The highest BCUT2D eigenvalue weighted by Crippen LogP contribution is 2.35. The number of benzene rings is 1. The zero-order valence-corrected chi connectivity index (χ0v) is 13.5. The summed E-state index contributed by atoms with van der Waals surface area (Å²) in [6.45, 7) is 2.78. The summed E-state index contributed by atoms with van der Waals surface area (Å²) in [6, 6.07) is 9.48. The maximum absolute atomic E-state index is 12.4. The van der Waals surface area contributed by atoms with E-state index in [1.165, 1.54) is 0 Å². The minimum absolute atomic E-state index is 0.0758. The van der Waals surface area contributed by atoms with Crippen LogP contribution >= 0.6 is 0 Å². The molecule has 1 aliphatic rings. The molecule has 0 amide bonds.